The monoisotopic (exact) mass is 390 g/mol. The Labute approximate surface area is 127 Å². The third-order valence-corrected chi connectivity index (χ3v) is 5.23. The molecule has 0 aliphatic carbocycles. The SMILES string of the molecule is CCC(P(=O)(O)O)P(=O)(O)O.O=C(O)O.O=C(O)O.O=C(O)O. The van der Waals surface area contributed by atoms with Gasteiger partial charge in [-0.05, 0) is 6.42 Å². The van der Waals surface area contributed by atoms with E-state index in [0.29, 0.717) is 0 Å². The molecule has 10 N–H and O–H groups in total. The molecule has 0 spiro atoms. The minimum atomic E-state index is -4.66. The standard InChI is InChI=1S/C3H10O6P2.3CH2O3/c1-2-3(10(4,5)6)11(7,8)9;3*2-1(3)4/h3H,2H2,1H3,(H2,4,5,6)(H2,7,8,9);3*(H2,2,3,4). The van der Waals surface area contributed by atoms with Crippen molar-refractivity contribution in [1.82, 2.24) is 0 Å². The Bertz CT molecular complexity index is 382. The summed E-state index contributed by atoms with van der Waals surface area (Å²) in [7, 11) is -9.32. The topological polar surface area (TPSA) is 288 Å². The van der Waals surface area contributed by atoms with Crippen LogP contribution >= 0.6 is 15.2 Å². The summed E-state index contributed by atoms with van der Waals surface area (Å²) in [5.74, 6) is 0. The Morgan fingerprint density at radius 1 is 0.696 bits per heavy atom. The summed E-state index contributed by atoms with van der Waals surface area (Å²) in [5.41, 5.74) is 0. The van der Waals surface area contributed by atoms with Gasteiger partial charge in [0.25, 0.3) is 0 Å². The van der Waals surface area contributed by atoms with E-state index in [1.807, 2.05) is 0 Å². The molecule has 0 rings (SSSR count). The molecule has 0 aromatic rings. The Hall–Kier alpha value is -1.89. The van der Waals surface area contributed by atoms with Crippen LogP contribution in [0.2, 0.25) is 0 Å². The van der Waals surface area contributed by atoms with Crippen molar-refractivity contribution < 1.29 is 73.7 Å². The van der Waals surface area contributed by atoms with E-state index in [-0.39, 0.29) is 6.42 Å². The van der Waals surface area contributed by atoms with Crippen LogP contribution in [0.25, 0.3) is 0 Å². The molecule has 15 nitrogen and oxygen atoms in total. The van der Waals surface area contributed by atoms with Crippen LogP contribution in [-0.4, -0.2) is 74.1 Å². The summed E-state index contributed by atoms with van der Waals surface area (Å²) in [6.45, 7) is 1.31. The predicted molar refractivity (Wildman–Crippen MR) is 70.1 cm³/mol. The van der Waals surface area contributed by atoms with Crippen LogP contribution in [0, 0.1) is 0 Å². The fourth-order valence-corrected chi connectivity index (χ4v) is 3.19. The van der Waals surface area contributed by atoms with Gasteiger partial charge in [-0.3, -0.25) is 9.13 Å². The number of hydrogen-bond acceptors (Lipinski definition) is 5. The molecule has 0 atom stereocenters. The molecule has 23 heavy (non-hydrogen) atoms. The average molecular weight is 390 g/mol. The van der Waals surface area contributed by atoms with E-state index in [4.69, 9.17) is 64.6 Å². The molecule has 17 heteroatoms. The van der Waals surface area contributed by atoms with Crippen molar-refractivity contribution >= 4 is 33.7 Å². The number of rotatable bonds is 3. The zero-order valence-corrected chi connectivity index (χ0v) is 13.0. The van der Waals surface area contributed by atoms with E-state index in [1.165, 1.54) is 6.92 Å². The predicted octanol–water partition coefficient (Wildman–Crippen LogP) is 0.745. The van der Waals surface area contributed by atoms with Crippen LogP contribution in [0.1, 0.15) is 13.3 Å². The Morgan fingerprint density at radius 3 is 0.826 bits per heavy atom. The zero-order valence-electron chi connectivity index (χ0n) is 11.2. The van der Waals surface area contributed by atoms with Crippen molar-refractivity contribution in [2.75, 3.05) is 0 Å². The molecule has 0 aromatic heterocycles. The summed E-state index contributed by atoms with van der Waals surface area (Å²) >= 11 is 0. The highest BCUT2D eigenvalue weighted by Gasteiger charge is 2.41. The fraction of sp³-hybridized carbons (Fsp3) is 0.500. The van der Waals surface area contributed by atoms with Gasteiger partial charge >= 0.3 is 33.7 Å². The van der Waals surface area contributed by atoms with Crippen molar-refractivity contribution in [3.63, 3.8) is 0 Å². The maximum absolute atomic E-state index is 10.4. The molecule has 0 radical (unpaired) electrons. The Morgan fingerprint density at radius 2 is 0.826 bits per heavy atom. The second-order valence-electron chi connectivity index (χ2n) is 2.91. The number of carbonyl (C=O) groups is 3. The molecular formula is C6H16O15P2. The molecule has 140 valence electrons. The molecule has 0 bridgehead atoms. The van der Waals surface area contributed by atoms with Crippen LogP contribution in [0.15, 0.2) is 0 Å². The molecule has 0 aliphatic heterocycles. The molecule has 0 aromatic carbocycles. The molecule has 0 heterocycles. The van der Waals surface area contributed by atoms with Gasteiger partial charge in [-0.1, -0.05) is 6.92 Å². The lowest BCUT2D eigenvalue weighted by molar-refractivity contribution is 0.135. The van der Waals surface area contributed by atoms with Crippen LogP contribution < -0.4 is 0 Å². The van der Waals surface area contributed by atoms with E-state index < -0.39 is 39.1 Å². The Balaban J connectivity index is -0.000000124. The van der Waals surface area contributed by atoms with Crippen molar-refractivity contribution in [3.8, 4) is 0 Å². The second kappa shape index (κ2) is 13.8. The summed E-state index contributed by atoms with van der Waals surface area (Å²) in [4.78, 5) is 59.4. The van der Waals surface area contributed by atoms with Crippen molar-refractivity contribution in [1.29, 1.82) is 0 Å². The Kier molecular flexibility index (Phi) is 17.4. The summed E-state index contributed by atoms with van der Waals surface area (Å²) in [5, 5.41) is 40.0. The molecular weight excluding hydrogens is 374 g/mol. The van der Waals surface area contributed by atoms with Crippen molar-refractivity contribution in [2.24, 2.45) is 0 Å². The maximum Gasteiger partial charge on any atom is 0.503 e. The lowest BCUT2D eigenvalue weighted by atomic mass is 10.6. The molecule has 0 saturated heterocycles. The highest BCUT2D eigenvalue weighted by Crippen LogP contribution is 2.61. The van der Waals surface area contributed by atoms with Gasteiger partial charge in [0.2, 0.25) is 0 Å². The highest BCUT2D eigenvalue weighted by molar-refractivity contribution is 7.70. The first kappa shape index (κ1) is 29.2. The molecule has 0 saturated carbocycles. The van der Waals surface area contributed by atoms with Gasteiger partial charge in [0, 0.05) is 0 Å². The second-order valence-corrected chi connectivity index (χ2v) is 6.93. The third kappa shape index (κ3) is 45.0. The molecule has 0 fully saturated rings. The molecule has 0 amide bonds. The van der Waals surface area contributed by atoms with E-state index >= 15 is 0 Å². The van der Waals surface area contributed by atoms with E-state index in [9.17, 15) is 9.13 Å². The quantitative estimate of drug-likeness (QED) is 0.297. The largest absolute Gasteiger partial charge is 0.503 e. The highest BCUT2D eigenvalue weighted by atomic mass is 31.2. The fourth-order valence-electron chi connectivity index (χ4n) is 0.672. The van der Waals surface area contributed by atoms with Crippen LogP contribution in [-0.2, 0) is 9.13 Å². The van der Waals surface area contributed by atoms with E-state index in [0.717, 1.165) is 0 Å². The lowest BCUT2D eigenvalue weighted by Crippen LogP contribution is -2.07. The first-order valence-corrected chi connectivity index (χ1v) is 8.11. The van der Waals surface area contributed by atoms with Crippen LogP contribution in [0.4, 0.5) is 14.4 Å². The van der Waals surface area contributed by atoms with Gasteiger partial charge < -0.3 is 50.2 Å². The van der Waals surface area contributed by atoms with Crippen LogP contribution in [0.3, 0.4) is 0 Å². The first-order chi connectivity index (χ1) is 9.89. The van der Waals surface area contributed by atoms with E-state index in [1.54, 1.807) is 0 Å². The summed E-state index contributed by atoms with van der Waals surface area (Å²) < 4.78 is 20.8. The van der Waals surface area contributed by atoms with Gasteiger partial charge in [-0.25, -0.2) is 14.4 Å². The zero-order chi connectivity index (χ0) is 20.0. The molecule has 0 aliphatic rings. The minimum Gasteiger partial charge on any atom is -0.450 e. The first-order valence-electron chi connectivity index (χ1n) is 4.75. The normalized spacial score (nSPS) is 9.83. The summed E-state index contributed by atoms with van der Waals surface area (Å²) in [6, 6.07) is 0. The third-order valence-electron chi connectivity index (χ3n) is 1.14. The number of carboxylic acid groups (broad SMARTS) is 6. The molecule has 0 unspecified atom stereocenters. The summed E-state index contributed by atoms with van der Waals surface area (Å²) in [6.07, 6.45) is -5.74. The van der Waals surface area contributed by atoms with Gasteiger partial charge in [0.05, 0.1) is 0 Å². The van der Waals surface area contributed by atoms with Crippen molar-refractivity contribution in [2.45, 2.75) is 18.7 Å². The van der Waals surface area contributed by atoms with Gasteiger partial charge in [-0.2, -0.15) is 0 Å². The smallest absolute Gasteiger partial charge is 0.450 e. The van der Waals surface area contributed by atoms with Crippen LogP contribution in [0.5, 0.6) is 0 Å². The van der Waals surface area contributed by atoms with Gasteiger partial charge in [0.1, 0.15) is 0 Å². The van der Waals surface area contributed by atoms with Crippen molar-refractivity contribution in [3.05, 3.63) is 0 Å². The van der Waals surface area contributed by atoms with Gasteiger partial charge in [-0.15, -0.1) is 0 Å². The van der Waals surface area contributed by atoms with Gasteiger partial charge in [0.15, 0.2) is 5.40 Å². The number of hydrogen-bond donors (Lipinski definition) is 10. The minimum absolute atomic E-state index is 0.242. The lowest BCUT2D eigenvalue weighted by Gasteiger charge is -2.16. The maximum atomic E-state index is 10.4. The van der Waals surface area contributed by atoms with E-state index in [2.05, 4.69) is 0 Å². The average Bonchev–Trinajstić information content (AvgIpc) is 2.08.